The van der Waals surface area contributed by atoms with Gasteiger partial charge in [-0.05, 0) is 46.3 Å². The van der Waals surface area contributed by atoms with Crippen LogP contribution in [0.1, 0.15) is 37.8 Å². The molecule has 0 saturated heterocycles. The third kappa shape index (κ3) is 6.89. The van der Waals surface area contributed by atoms with Crippen LogP contribution in [0, 0.1) is 26.0 Å². The van der Waals surface area contributed by atoms with Crippen LogP contribution in [-0.4, -0.2) is 23.2 Å². The van der Waals surface area contributed by atoms with Crippen molar-refractivity contribution in [2.75, 3.05) is 0 Å². The van der Waals surface area contributed by atoms with E-state index in [9.17, 15) is 0 Å². The summed E-state index contributed by atoms with van der Waals surface area (Å²) in [5.41, 5.74) is 7.52. The van der Waals surface area contributed by atoms with Gasteiger partial charge in [-0.2, -0.15) is 11.3 Å². The van der Waals surface area contributed by atoms with Crippen molar-refractivity contribution in [1.29, 1.82) is 0 Å². The third-order valence-electron chi connectivity index (χ3n) is 7.19. The predicted octanol–water partition coefficient (Wildman–Crippen LogP) is 9.75. The molecular weight excluding hydrogens is 757 g/mol. The van der Waals surface area contributed by atoms with Crippen LogP contribution in [0.4, 0.5) is 0 Å². The summed E-state index contributed by atoms with van der Waals surface area (Å²) in [5.74, 6) is 6.50. The van der Waals surface area contributed by atoms with E-state index >= 15 is 0 Å². The number of fused-ring (bicyclic) bond motifs is 3. The number of nitrogens with zero attached hydrogens (tertiary/aromatic N) is 2. The largest absolute Gasteiger partial charge is 0 e. The van der Waals surface area contributed by atoms with Gasteiger partial charge in [0.25, 0.3) is 0 Å². The predicted molar refractivity (Wildman–Crippen MR) is 176 cm³/mol. The SMILES string of the molecule is [2H]C(C)(C)c1ccnc(-c2[c-]cc(C)c3c2sc2cccc(C)c23)c1.[CH3][Ge]([CH3])([CH3])[c]1ccc(-c2[c-]cccc2)nc1.[Ir]. The molecule has 0 N–H and O–H groups in total. The summed E-state index contributed by atoms with van der Waals surface area (Å²) < 4.78 is 12.3. The molecule has 0 aliphatic heterocycles. The van der Waals surface area contributed by atoms with Crippen molar-refractivity contribution in [2.45, 2.75) is 50.9 Å². The molecule has 6 rings (SSSR count). The van der Waals surface area contributed by atoms with E-state index in [0.717, 1.165) is 28.1 Å². The molecule has 0 amide bonds. The molecule has 5 heteroatoms. The van der Waals surface area contributed by atoms with Crippen LogP contribution in [0.3, 0.4) is 0 Å². The van der Waals surface area contributed by atoms with Gasteiger partial charge in [-0.3, -0.25) is 0 Å². The number of rotatable bonds is 4. The Hall–Kier alpha value is -2.63. The van der Waals surface area contributed by atoms with Gasteiger partial charge in [0, 0.05) is 32.4 Å². The number of thiophene rings is 1. The van der Waals surface area contributed by atoms with E-state index < -0.39 is 19.2 Å². The van der Waals surface area contributed by atoms with Crippen molar-refractivity contribution in [2.24, 2.45) is 0 Å². The molecule has 3 heterocycles. The molecule has 2 nitrogen and oxygen atoms in total. The molecule has 41 heavy (non-hydrogen) atoms. The van der Waals surface area contributed by atoms with Gasteiger partial charge in [0.2, 0.25) is 0 Å². The van der Waals surface area contributed by atoms with Gasteiger partial charge in [-0.25, -0.2) is 0 Å². The first kappa shape index (κ1) is 29.9. The second-order valence-electron chi connectivity index (χ2n) is 11.5. The summed E-state index contributed by atoms with van der Waals surface area (Å²) in [5, 5.41) is 2.65. The minimum absolute atomic E-state index is 0. The van der Waals surface area contributed by atoms with E-state index in [1.807, 2.05) is 56.4 Å². The zero-order valence-corrected chi connectivity index (χ0v) is 30.0. The Morgan fingerprint density at radius 3 is 2.32 bits per heavy atom. The number of aryl methyl sites for hydroxylation is 2. The van der Waals surface area contributed by atoms with Gasteiger partial charge in [0.05, 0.1) is 0 Å². The van der Waals surface area contributed by atoms with Crippen LogP contribution >= 0.6 is 11.3 Å². The third-order valence-corrected chi connectivity index (χ3v) is 12.6. The Balaban J connectivity index is 0.000000207. The summed E-state index contributed by atoms with van der Waals surface area (Å²) in [4.78, 5) is 9.12. The van der Waals surface area contributed by atoms with Crippen LogP contribution < -0.4 is 4.40 Å². The normalized spacial score (nSPS) is 11.9. The smallest absolute Gasteiger partial charge is 0 e. The van der Waals surface area contributed by atoms with Crippen molar-refractivity contribution in [1.82, 2.24) is 9.97 Å². The maximum atomic E-state index is 8.31. The van der Waals surface area contributed by atoms with Crippen LogP contribution in [0.2, 0.25) is 17.3 Å². The van der Waals surface area contributed by atoms with E-state index in [-0.39, 0.29) is 20.1 Å². The Bertz CT molecular complexity index is 1820. The molecule has 0 saturated carbocycles. The fraction of sp³-hybridized carbons (Fsp3) is 0.222. The molecular formula is C36H36GeIrN2S-2. The summed E-state index contributed by atoms with van der Waals surface area (Å²) in [6.07, 6.45) is 3.84. The van der Waals surface area contributed by atoms with Gasteiger partial charge in [0.1, 0.15) is 0 Å². The summed E-state index contributed by atoms with van der Waals surface area (Å²) in [6.45, 7) is 8.14. The minimum Gasteiger partial charge on any atom is 0 e. The Kier molecular flexibility index (Phi) is 9.56. The van der Waals surface area contributed by atoms with Crippen LogP contribution in [0.5, 0.6) is 0 Å². The zero-order valence-electron chi connectivity index (χ0n) is 25.7. The van der Waals surface area contributed by atoms with Gasteiger partial charge in [-0.1, -0.05) is 49.9 Å². The number of pyridine rings is 2. The maximum absolute atomic E-state index is 8.31. The second kappa shape index (κ2) is 13.1. The molecule has 0 aliphatic carbocycles. The van der Waals surface area contributed by atoms with Crippen LogP contribution in [0.25, 0.3) is 42.7 Å². The fourth-order valence-electron chi connectivity index (χ4n) is 4.81. The van der Waals surface area contributed by atoms with Crippen LogP contribution in [-0.2, 0) is 20.1 Å². The first-order valence-corrected chi connectivity index (χ1v) is 21.8. The molecule has 6 aromatic rings. The molecule has 0 atom stereocenters. The monoisotopic (exact) mass is 796 g/mol. The number of aromatic nitrogens is 2. The Morgan fingerprint density at radius 2 is 1.66 bits per heavy atom. The van der Waals surface area contributed by atoms with Crippen molar-refractivity contribution in [3.63, 3.8) is 0 Å². The van der Waals surface area contributed by atoms with Gasteiger partial charge in [0.15, 0.2) is 0 Å². The molecule has 3 aromatic carbocycles. The summed E-state index contributed by atoms with van der Waals surface area (Å²) in [6, 6.07) is 31.4. The molecule has 1 radical (unpaired) electrons. The van der Waals surface area contributed by atoms with Crippen molar-refractivity contribution < 1.29 is 21.5 Å². The average molecular weight is 795 g/mol. The second-order valence-corrected chi connectivity index (χ2v) is 23.2. The number of benzene rings is 3. The van der Waals surface area contributed by atoms with Gasteiger partial charge < -0.3 is 4.98 Å². The van der Waals surface area contributed by atoms with E-state index in [0.29, 0.717) is 0 Å². The quantitative estimate of drug-likeness (QED) is 0.131. The van der Waals surface area contributed by atoms with Gasteiger partial charge in [-0.15, -0.1) is 23.3 Å². The first-order valence-electron chi connectivity index (χ1n) is 14.2. The molecule has 211 valence electrons. The molecule has 3 aromatic heterocycles. The molecule has 0 bridgehead atoms. The standard InChI is InChI=1S/C22H20NS.C14H16GeN.Ir/c1-13(2)16-10-11-23-18(12-16)17-9-8-15(4)21-20-14(3)6-5-7-19(20)24-22(17)21;1-15(2,3)13-9-10-14(16-11-13)12-7-5-4-6-8-12;/h5-8,10-13H,1-4H3;4-7,9-11H,1-3H3;/q2*-1;/i13D;;. The van der Waals surface area contributed by atoms with Gasteiger partial charge >= 0.3 is 99.8 Å². The van der Waals surface area contributed by atoms with Crippen molar-refractivity contribution >= 4 is 49.2 Å². The fourth-order valence-corrected chi connectivity index (χ4v) is 8.34. The Morgan fingerprint density at radius 1 is 0.854 bits per heavy atom. The molecule has 0 unspecified atom stereocenters. The topological polar surface area (TPSA) is 25.8 Å². The summed E-state index contributed by atoms with van der Waals surface area (Å²) in [7, 11) is 0. The van der Waals surface area contributed by atoms with E-state index in [1.165, 1.54) is 35.7 Å². The minimum atomic E-state index is -1.72. The van der Waals surface area contributed by atoms with E-state index in [2.05, 4.69) is 89.6 Å². The summed E-state index contributed by atoms with van der Waals surface area (Å²) >= 11 is 0.0908. The first-order chi connectivity index (χ1) is 19.4. The van der Waals surface area contributed by atoms with E-state index in [1.54, 1.807) is 17.5 Å². The van der Waals surface area contributed by atoms with Crippen molar-refractivity contribution in [3.8, 4) is 22.5 Å². The average Bonchev–Trinajstić information content (AvgIpc) is 3.35. The zero-order chi connectivity index (χ0) is 29.4. The number of hydrogen-bond donors (Lipinski definition) is 0. The maximum Gasteiger partial charge on any atom is 0 e. The molecule has 0 spiro atoms. The Labute approximate surface area is 266 Å². The molecule has 0 aliphatic rings. The number of hydrogen-bond acceptors (Lipinski definition) is 3. The van der Waals surface area contributed by atoms with Crippen molar-refractivity contribution in [3.05, 3.63) is 114 Å². The van der Waals surface area contributed by atoms with E-state index in [4.69, 9.17) is 1.37 Å². The van der Waals surface area contributed by atoms with Crippen LogP contribution in [0.15, 0.2) is 85.2 Å². The molecule has 0 fully saturated rings.